The molecule has 0 aliphatic rings. The summed E-state index contributed by atoms with van der Waals surface area (Å²) in [6, 6.07) is 5.63. The molecule has 0 aliphatic carbocycles. The molecule has 0 fully saturated rings. The third-order valence-corrected chi connectivity index (χ3v) is 3.40. The highest BCUT2D eigenvalue weighted by atomic mass is 79.9. The summed E-state index contributed by atoms with van der Waals surface area (Å²) in [6.07, 6.45) is 0.765. The van der Waals surface area contributed by atoms with Crippen LogP contribution in [0.5, 0.6) is 5.75 Å². The summed E-state index contributed by atoms with van der Waals surface area (Å²) in [4.78, 5) is 11.7. The van der Waals surface area contributed by atoms with Crippen LogP contribution in [0.4, 0.5) is 0 Å². The van der Waals surface area contributed by atoms with Crippen LogP contribution >= 0.6 is 15.9 Å². The van der Waals surface area contributed by atoms with Gasteiger partial charge < -0.3 is 15.2 Å². The van der Waals surface area contributed by atoms with Gasteiger partial charge in [0, 0.05) is 4.47 Å². The number of rotatable bonds is 7. The van der Waals surface area contributed by atoms with Crippen molar-refractivity contribution in [2.75, 3.05) is 13.2 Å². The van der Waals surface area contributed by atoms with Crippen molar-refractivity contribution in [3.8, 4) is 5.75 Å². The van der Waals surface area contributed by atoms with E-state index >= 15 is 0 Å². The fraction of sp³-hybridized carbons (Fsp3) is 0.500. The molecule has 0 aliphatic heterocycles. The monoisotopic (exact) mass is 329 g/mol. The van der Waals surface area contributed by atoms with Crippen molar-refractivity contribution in [2.45, 2.75) is 32.8 Å². The van der Waals surface area contributed by atoms with Gasteiger partial charge in [-0.2, -0.15) is 0 Å². The summed E-state index contributed by atoms with van der Waals surface area (Å²) in [6.45, 7) is 4.60. The number of nitrogens with two attached hydrogens (primary N) is 1. The lowest BCUT2D eigenvalue weighted by atomic mass is 10.1. The summed E-state index contributed by atoms with van der Waals surface area (Å²) in [5.41, 5.74) is 6.63. The van der Waals surface area contributed by atoms with Gasteiger partial charge in [-0.05, 0) is 50.1 Å². The molecule has 4 nitrogen and oxygen atoms in total. The molecule has 19 heavy (non-hydrogen) atoms. The molecule has 5 heteroatoms. The summed E-state index contributed by atoms with van der Waals surface area (Å²) in [5.74, 6) is 0.333. The highest BCUT2D eigenvalue weighted by Crippen LogP contribution is 2.24. The number of carbonyl (C=O) groups excluding carboxylic acids is 1. The quantitative estimate of drug-likeness (QED) is 0.781. The summed E-state index contributed by atoms with van der Waals surface area (Å²) in [7, 11) is 0. The van der Waals surface area contributed by atoms with E-state index < -0.39 is 6.10 Å². The zero-order chi connectivity index (χ0) is 14.3. The van der Waals surface area contributed by atoms with Gasteiger partial charge in [-0.25, -0.2) is 4.79 Å². The Morgan fingerprint density at radius 1 is 1.42 bits per heavy atom. The summed E-state index contributed by atoms with van der Waals surface area (Å²) >= 11 is 3.47. The summed E-state index contributed by atoms with van der Waals surface area (Å²) < 4.78 is 11.7. The minimum Gasteiger partial charge on any atom is -0.479 e. The van der Waals surface area contributed by atoms with Crippen molar-refractivity contribution in [3.05, 3.63) is 28.2 Å². The van der Waals surface area contributed by atoms with Gasteiger partial charge in [-0.3, -0.25) is 0 Å². The fourth-order valence-electron chi connectivity index (χ4n) is 1.67. The lowest BCUT2D eigenvalue weighted by Gasteiger charge is -2.17. The average Bonchev–Trinajstić information content (AvgIpc) is 2.40. The first-order valence-electron chi connectivity index (χ1n) is 6.44. The van der Waals surface area contributed by atoms with E-state index in [1.54, 1.807) is 6.92 Å². The number of benzene rings is 1. The smallest absolute Gasteiger partial charge is 0.347 e. The van der Waals surface area contributed by atoms with Gasteiger partial charge in [0.15, 0.2) is 6.10 Å². The van der Waals surface area contributed by atoms with Crippen LogP contribution < -0.4 is 10.5 Å². The second-order valence-electron chi connectivity index (χ2n) is 4.06. The van der Waals surface area contributed by atoms with E-state index in [0.29, 0.717) is 25.3 Å². The van der Waals surface area contributed by atoms with Crippen LogP contribution in [0.3, 0.4) is 0 Å². The Labute approximate surface area is 122 Å². The normalized spacial score (nSPS) is 12.0. The zero-order valence-electron chi connectivity index (χ0n) is 11.3. The molecule has 1 atom stereocenters. The first-order chi connectivity index (χ1) is 9.12. The standard InChI is InChI=1S/C14H20BrNO3/c1-3-13(14(17)18-4-2)19-11-5-6-12(15)10(9-11)7-8-16/h5-6,9,13H,3-4,7-8,16H2,1-2H3. The van der Waals surface area contributed by atoms with Crippen LogP contribution in [-0.4, -0.2) is 25.2 Å². The minimum absolute atomic E-state index is 0.326. The highest BCUT2D eigenvalue weighted by Gasteiger charge is 2.19. The topological polar surface area (TPSA) is 61.5 Å². The minimum atomic E-state index is -0.563. The first kappa shape index (κ1) is 16.0. The molecule has 1 rings (SSSR count). The van der Waals surface area contributed by atoms with Crippen molar-refractivity contribution in [1.29, 1.82) is 0 Å². The van der Waals surface area contributed by atoms with Crippen molar-refractivity contribution in [3.63, 3.8) is 0 Å². The van der Waals surface area contributed by atoms with Crippen LogP contribution in [0.15, 0.2) is 22.7 Å². The number of hydrogen-bond donors (Lipinski definition) is 1. The van der Waals surface area contributed by atoms with Gasteiger partial charge in [0.2, 0.25) is 0 Å². The van der Waals surface area contributed by atoms with E-state index in [1.165, 1.54) is 0 Å². The van der Waals surface area contributed by atoms with E-state index in [2.05, 4.69) is 15.9 Å². The average molecular weight is 330 g/mol. The van der Waals surface area contributed by atoms with Crippen LogP contribution in [0.2, 0.25) is 0 Å². The van der Waals surface area contributed by atoms with Crippen LogP contribution in [-0.2, 0) is 16.0 Å². The second-order valence-corrected chi connectivity index (χ2v) is 4.91. The SMILES string of the molecule is CCOC(=O)C(CC)Oc1ccc(Br)c(CCN)c1. The molecule has 0 saturated carbocycles. The van der Waals surface area contributed by atoms with Crippen LogP contribution in [0.1, 0.15) is 25.8 Å². The third kappa shape index (κ3) is 4.84. The maximum absolute atomic E-state index is 11.7. The third-order valence-electron chi connectivity index (χ3n) is 2.63. The number of esters is 1. The second kappa shape index (κ2) is 8.17. The lowest BCUT2D eigenvalue weighted by Crippen LogP contribution is -2.28. The van der Waals surface area contributed by atoms with Crippen molar-refractivity contribution >= 4 is 21.9 Å². The predicted molar refractivity (Wildman–Crippen MR) is 78.2 cm³/mol. The Morgan fingerprint density at radius 3 is 2.74 bits per heavy atom. The first-order valence-corrected chi connectivity index (χ1v) is 7.23. The Hall–Kier alpha value is -1.07. The summed E-state index contributed by atoms with van der Waals surface area (Å²) in [5, 5.41) is 0. The Kier molecular flexibility index (Phi) is 6.87. The number of hydrogen-bond acceptors (Lipinski definition) is 4. The molecule has 0 amide bonds. The predicted octanol–water partition coefficient (Wildman–Crippen LogP) is 2.67. The molecule has 0 saturated heterocycles. The van der Waals surface area contributed by atoms with Crippen LogP contribution in [0, 0.1) is 0 Å². The lowest BCUT2D eigenvalue weighted by molar-refractivity contribution is -0.151. The van der Waals surface area contributed by atoms with Crippen molar-refractivity contribution in [2.24, 2.45) is 5.73 Å². The largest absolute Gasteiger partial charge is 0.479 e. The van der Waals surface area contributed by atoms with E-state index in [0.717, 1.165) is 16.5 Å². The maximum Gasteiger partial charge on any atom is 0.347 e. The van der Waals surface area contributed by atoms with E-state index in [1.807, 2.05) is 25.1 Å². The molecule has 1 aromatic rings. The molecule has 1 aromatic carbocycles. The van der Waals surface area contributed by atoms with Gasteiger partial charge in [-0.15, -0.1) is 0 Å². The van der Waals surface area contributed by atoms with Crippen LogP contribution in [0.25, 0.3) is 0 Å². The van der Waals surface area contributed by atoms with Gasteiger partial charge in [-0.1, -0.05) is 22.9 Å². The van der Waals surface area contributed by atoms with Gasteiger partial charge >= 0.3 is 5.97 Å². The molecule has 106 valence electrons. The van der Waals surface area contributed by atoms with Gasteiger partial charge in [0.1, 0.15) is 5.75 Å². The Morgan fingerprint density at radius 2 is 2.16 bits per heavy atom. The molecular weight excluding hydrogens is 310 g/mol. The number of halogens is 1. The Bertz CT molecular complexity index is 423. The van der Waals surface area contributed by atoms with Gasteiger partial charge in [0.05, 0.1) is 6.61 Å². The number of carbonyl (C=O) groups is 1. The van der Waals surface area contributed by atoms with Crippen molar-refractivity contribution < 1.29 is 14.3 Å². The molecule has 2 N–H and O–H groups in total. The Balaban J connectivity index is 2.79. The zero-order valence-corrected chi connectivity index (χ0v) is 12.9. The van der Waals surface area contributed by atoms with E-state index in [-0.39, 0.29) is 5.97 Å². The molecular formula is C14H20BrNO3. The molecule has 0 bridgehead atoms. The number of ether oxygens (including phenoxy) is 2. The van der Waals surface area contributed by atoms with E-state index in [9.17, 15) is 4.79 Å². The molecule has 1 unspecified atom stereocenters. The molecule has 0 heterocycles. The van der Waals surface area contributed by atoms with E-state index in [4.69, 9.17) is 15.2 Å². The highest BCUT2D eigenvalue weighted by molar-refractivity contribution is 9.10. The van der Waals surface area contributed by atoms with Crippen molar-refractivity contribution in [1.82, 2.24) is 0 Å². The maximum atomic E-state index is 11.7. The fourth-order valence-corrected chi connectivity index (χ4v) is 2.11. The molecule has 0 spiro atoms. The molecule has 0 aromatic heterocycles. The van der Waals surface area contributed by atoms with Gasteiger partial charge in [0.25, 0.3) is 0 Å². The molecule has 0 radical (unpaired) electrons.